The van der Waals surface area contributed by atoms with Gasteiger partial charge in [0.15, 0.2) is 0 Å². The predicted molar refractivity (Wildman–Crippen MR) is 92.9 cm³/mol. The number of hydrogen-bond acceptors (Lipinski definition) is 5. The number of aromatic nitrogens is 1. The fraction of sp³-hybridized carbons (Fsp3) is 0.611. The average Bonchev–Trinajstić information content (AvgIpc) is 2.58. The first-order chi connectivity index (χ1) is 11.8. The maximum absolute atomic E-state index is 12.5. The van der Waals surface area contributed by atoms with E-state index in [9.17, 15) is 9.59 Å². The lowest BCUT2D eigenvalue weighted by atomic mass is 10.2. The summed E-state index contributed by atoms with van der Waals surface area (Å²) in [6.45, 7) is 8.41. The molecule has 2 rings (SSSR count). The third-order valence-corrected chi connectivity index (χ3v) is 3.69. The SMILES string of the molecule is CC(C)(C)OC(=O)N(CCC(=O)N1CCOCC1)Cc1ccccn1. The van der Waals surface area contributed by atoms with Crippen molar-refractivity contribution in [1.29, 1.82) is 0 Å². The molecule has 2 heterocycles. The highest BCUT2D eigenvalue weighted by Crippen LogP contribution is 2.13. The summed E-state index contributed by atoms with van der Waals surface area (Å²) < 4.78 is 10.7. The number of morpholine rings is 1. The zero-order valence-corrected chi connectivity index (χ0v) is 15.2. The number of nitrogens with zero attached hydrogens (tertiary/aromatic N) is 3. The molecule has 1 saturated heterocycles. The highest BCUT2D eigenvalue weighted by atomic mass is 16.6. The zero-order chi connectivity index (χ0) is 18.3. The molecular formula is C18H27N3O4. The van der Waals surface area contributed by atoms with Gasteiger partial charge in [0.05, 0.1) is 25.5 Å². The monoisotopic (exact) mass is 349 g/mol. The van der Waals surface area contributed by atoms with Gasteiger partial charge in [-0.1, -0.05) is 6.07 Å². The van der Waals surface area contributed by atoms with Crippen LogP contribution >= 0.6 is 0 Å². The largest absolute Gasteiger partial charge is 0.444 e. The second-order valence-corrected chi connectivity index (χ2v) is 6.97. The smallest absolute Gasteiger partial charge is 0.410 e. The summed E-state index contributed by atoms with van der Waals surface area (Å²) in [4.78, 5) is 32.4. The summed E-state index contributed by atoms with van der Waals surface area (Å²) in [6, 6.07) is 5.54. The van der Waals surface area contributed by atoms with E-state index < -0.39 is 11.7 Å². The summed E-state index contributed by atoms with van der Waals surface area (Å²) in [5.74, 6) is 0.0258. The van der Waals surface area contributed by atoms with Crippen LogP contribution in [0.1, 0.15) is 32.9 Å². The summed E-state index contributed by atoms with van der Waals surface area (Å²) in [7, 11) is 0. The number of carbonyl (C=O) groups is 2. The van der Waals surface area contributed by atoms with Crippen molar-refractivity contribution in [3.8, 4) is 0 Å². The van der Waals surface area contributed by atoms with Crippen molar-refractivity contribution in [1.82, 2.24) is 14.8 Å². The maximum atomic E-state index is 12.5. The van der Waals surface area contributed by atoms with Gasteiger partial charge < -0.3 is 19.3 Å². The molecule has 0 aromatic carbocycles. The Labute approximate surface area is 148 Å². The molecule has 7 heteroatoms. The number of ether oxygens (including phenoxy) is 2. The molecule has 1 aromatic heterocycles. The molecule has 1 aromatic rings. The Morgan fingerprint density at radius 2 is 2.00 bits per heavy atom. The van der Waals surface area contributed by atoms with Crippen LogP contribution in [-0.4, -0.2) is 65.2 Å². The van der Waals surface area contributed by atoms with Crippen molar-refractivity contribution < 1.29 is 19.1 Å². The van der Waals surface area contributed by atoms with Crippen LogP contribution in [-0.2, 0) is 20.8 Å². The highest BCUT2D eigenvalue weighted by molar-refractivity contribution is 5.77. The van der Waals surface area contributed by atoms with Gasteiger partial charge in [-0.15, -0.1) is 0 Å². The maximum Gasteiger partial charge on any atom is 0.410 e. The Hall–Kier alpha value is -2.15. The second kappa shape index (κ2) is 8.80. The summed E-state index contributed by atoms with van der Waals surface area (Å²) in [5.41, 5.74) is 0.167. The highest BCUT2D eigenvalue weighted by Gasteiger charge is 2.24. The third kappa shape index (κ3) is 6.70. The molecule has 1 aliphatic heterocycles. The second-order valence-electron chi connectivity index (χ2n) is 6.97. The van der Waals surface area contributed by atoms with E-state index in [2.05, 4.69) is 4.98 Å². The lowest BCUT2D eigenvalue weighted by Gasteiger charge is -2.29. The summed E-state index contributed by atoms with van der Waals surface area (Å²) in [6.07, 6.45) is 1.50. The molecule has 0 saturated carbocycles. The number of carbonyl (C=O) groups excluding carboxylic acids is 2. The van der Waals surface area contributed by atoms with E-state index in [0.717, 1.165) is 5.69 Å². The van der Waals surface area contributed by atoms with Gasteiger partial charge in [0.2, 0.25) is 5.91 Å². The van der Waals surface area contributed by atoms with Crippen LogP contribution in [0.2, 0.25) is 0 Å². The van der Waals surface area contributed by atoms with Gasteiger partial charge in [-0.05, 0) is 32.9 Å². The molecule has 0 spiro atoms. The van der Waals surface area contributed by atoms with Gasteiger partial charge in [0.1, 0.15) is 5.60 Å². The lowest BCUT2D eigenvalue weighted by molar-refractivity contribution is -0.135. The Balaban J connectivity index is 1.97. The zero-order valence-electron chi connectivity index (χ0n) is 15.2. The van der Waals surface area contributed by atoms with Gasteiger partial charge >= 0.3 is 6.09 Å². The normalized spacial score (nSPS) is 14.9. The lowest BCUT2D eigenvalue weighted by Crippen LogP contribution is -2.43. The van der Waals surface area contributed by atoms with Crippen LogP contribution < -0.4 is 0 Å². The number of pyridine rings is 1. The minimum absolute atomic E-state index is 0.0258. The van der Waals surface area contributed by atoms with Crippen LogP contribution in [0.3, 0.4) is 0 Å². The number of hydrogen-bond donors (Lipinski definition) is 0. The molecule has 0 radical (unpaired) electrons. The Bertz CT molecular complexity index is 565. The minimum Gasteiger partial charge on any atom is -0.444 e. The van der Waals surface area contributed by atoms with Gasteiger partial charge in [0, 0.05) is 32.3 Å². The molecule has 1 fully saturated rings. The Kier molecular flexibility index (Phi) is 6.75. The first-order valence-electron chi connectivity index (χ1n) is 8.58. The van der Waals surface area contributed by atoms with Crippen LogP contribution in [0, 0.1) is 0 Å². The van der Waals surface area contributed by atoms with E-state index in [1.807, 2.05) is 39.0 Å². The first-order valence-corrected chi connectivity index (χ1v) is 8.58. The topological polar surface area (TPSA) is 72.0 Å². The molecule has 0 aliphatic carbocycles. The van der Waals surface area contributed by atoms with Gasteiger partial charge in [-0.2, -0.15) is 0 Å². The van der Waals surface area contributed by atoms with E-state index in [4.69, 9.17) is 9.47 Å². The van der Waals surface area contributed by atoms with Gasteiger partial charge in [-0.3, -0.25) is 9.78 Å². The standard InChI is InChI=1S/C18H27N3O4/c1-18(2,3)25-17(23)21(14-15-6-4-5-8-19-15)9-7-16(22)20-10-12-24-13-11-20/h4-6,8H,7,9-14H2,1-3H3. The molecule has 0 bridgehead atoms. The molecule has 25 heavy (non-hydrogen) atoms. The van der Waals surface area contributed by atoms with E-state index in [-0.39, 0.29) is 12.3 Å². The third-order valence-electron chi connectivity index (χ3n) is 3.69. The van der Waals surface area contributed by atoms with Gasteiger partial charge in [-0.25, -0.2) is 4.79 Å². The first kappa shape index (κ1) is 19.2. The predicted octanol–water partition coefficient (Wildman–Crippen LogP) is 2.07. The van der Waals surface area contributed by atoms with Crippen LogP contribution in [0.15, 0.2) is 24.4 Å². The van der Waals surface area contributed by atoms with E-state index in [1.54, 1.807) is 11.1 Å². The van der Waals surface area contributed by atoms with Crippen molar-refractivity contribution in [2.45, 2.75) is 39.3 Å². The molecule has 7 nitrogen and oxygen atoms in total. The van der Waals surface area contributed by atoms with E-state index in [0.29, 0.717) is 39.4 Å². The fourth-order valence-electron chi connectivity index (χ4n) is 2.45. The quantitative estimate of drug-likeness (QED) is 0.814. The molecule has 2 amide bonds. The van der Waals surface area contributed by atoms with Crippen molar-refractivity contribution in [2.24, 2.45) is 0 Å². The van der Waals surface area contributed by atoms with Crippen LogP contribution in [0.4, 0.5) is 4.79 Å². The molecule has 1 aliphatic rings. The molecular weight excluding hydrogens is 322 g/mol. The van der Waals surface area contributed by atoms with Crippen molar-refractivity contribution >= 4 is 12.0 Å². The fourth-order valence-corrected chi connectivity index (χ4v) is 2.45. The Morgan fingerprint density at radius 1 is 1.28 bits per heavy atom. The summed E-state index contributed by atoms with van der Waals surface area (Å²) >= 11 is 0. The van der Waals surface area contributed by atoms with E-state index in [1.165, 1.54) is 4.90 Å². The molecule has 0 unspecified atom stereocenters. The molecule has 0 N–H and O–H groups in total. The van der Waals surface area contributed by atoms with Crippen LogP contribution in [0.5, 0.6) is 0 Å². The van der Waals surface area contributed by atoms with Crippen molar-refractivity contribution in [3.63, 3.8) is 0 Å². The summed E-state index contributed by atoms with van der Waals surface area (Å²) in [5, 5.41) is 0. The van der Waals surface area contributed by atoms with Crippen molar-refractivity contribution in [2.75, 3.05) is 32.8 Å². The molecule has 138 valence electrons. The Morgan fingerprint density at radius 3 is 2.60 bits per heavy atom. The number of rotatable bonds is 5. The van der Waals surface area contributed by atoms with Crippen molar-refractivity contribution in [3.05, 3.63) is 30.1 Å². The minimum atomic E-state index is -0.590. The number of amides is 2. The molecule has 0 atom stereocenters. The van der Waals surface area contributed by atoms with E-state index >= 15 is 0 Å². The van der Waals surface area contributed by atoms with Crippen LogP contribution in [0.25, 0.3) is 0 Å². The average molecular weight is 349 g/mol. The van der Waals surface area contributed by atoms with Gasteiger partial charge in [0.25, 0.3) is 0 Å².